The fourth-order valence-corrected chi connectivity index (χ4v) is 1.89. The highest BCUT2D eigenvalue weighted by molar-refractivity contribution is 6.34. The minimum absolute atomic E-state index is 0.0365. The maximum absolute atomic E-state index is 13.9. The molecule has 106 valence electrons. The number of carbonyl (C=O) groups is 1. The van der Waals surface area contributed by atoms with E-state index in [9.17, 15) is 9.18 Å². The molecule has 0 saturated carbocycles. The van der Waals surface area contributed by atoms with Gasteiger partial charge in [0.15, 0.2) is 0 Å². The average Bonchev–Trinajstić information content (AvgIpc) is 2.48. The lowest BCUT2D eigenvalue weighted by Gasteiger charge is -2.08. The number of hydrogen-bond donors (Lipinski definition) is 2. The highest BCUT2D eigenvalue weighted by Gasteiger charge is 2.12. The second-order valence-corrected chi connectivity index (χ2v) is 4.50. The summed E-state index contributed by atoms with van der Waals surface area (Å²) in [6, 6.07) is 10.7. The Hall–Kier alpha value is -2.35. The van der Waals surface area contributed by atoms with Gasteiger partial charge in [-0.15, -0.1) is 0 Å². The molecule has 0 spiro atoms. The molecule has 2 rings (SSSR count). The van der Waals surface area contributed by atoms with Crippen LogP contribution < -0.4 is 5.32 Å². The fraction of sp³-hybridized carbons (Fsp3) is 0.0625. The molecule has 0 aliphatic rings. The van der Waals surface area contributed by atoms with Gasteiger partial charge in [-0.2, -0.15) is 0 Å². The second-order valence-electron chi connectivity index (χ2n) is 4.09. The van der Waals surface area contributed by atoms with Crippen LogP contribution in [0, 0.1) is 17.7 Å². The molecule has 0 unspecified atom stereocenters. The van der Waals surface area contributed by atoms with Gasteiger partial charge in [-0.25, -0.2) is 4.39 Å². The summed E-state index contributed by atoms with van der Waals surface area (Å²) in [7, 11) is 0. The number of hydrogen-bond acceptors (Lipinski definition) is 2. The second kappa shape index (κ2) is 6.89. The number of halogens is 2. The molecule has 2 aromatic carbocycles. The van der Waals surface area contributed by atoms with Crippen LogP contribution in [0.25, 0.3) is 0 Å². The van der Waals surface area contributed by atoms with Crippen molar-refractivity contribution in [3.05, 3.63) is 64.4 Å². The van der Waals surface area contributed by atoms with Crippen molar-refractivity contribution in [2.45, 2.75) is 0 Å². The van der Waals surface area contributed by atoms with Crippen molar-refractivity contribution < 1.29 is 14.3 Å². The Kier molecular flexibility index (Phi) is 4.94. The first-order valence-corrected chi connectivity index (χ1v) is 6.45. The quantitative estimate of drug-likeness (QED) is 0.838. The van der Waals surface area contributed by atoms with Gasteiger partial charge < -0.3 is 10.4 Å². The minimum atomic E-state index is -0.611. The van der Waals surface area contributed by atoms with E-state index in [1.165, 1.54) is 12.1 Å². The zero-order chi connectivity index (χ0) is 15.2. The van der Waals surface area contributed by atoms with Crippen molar-refractivity contribution >= 4 is 23.2 Å². The van der Waals surface area contributed by atoms with Gasteiger partial charge in [0, 0.05) is 5.56 Å². The summed E-state index contributed by atoms with van der Waals surface area (Å²) in [5.74, 6) is 3.90. The monoisotopic (exact) mass is 303 g/mol. The molecule has 5 heteroatoms. The maximum atomic E-state index is 13.9. The summed E-state index contributed by atoms with van der Waals surface area (Å²) < 4.78 is 13.9. The van der Waals surface area contributed by atoms with Gasteiger partial charge in [0.25, 0.3) is 5.91 Å². The van der Waals surface area contributed by atoms with Crippen molar-refractivity contribution in [1.82, 2.24) is 0 Å². The lowest BCUT2D eigenvalue weighted by atomic mass is 10.1. The zero-order valence-electron chi connectivity index (χ0n) is 10.9. The van der Waals surface area contributed by atoms with Crippen LogP contribution in [0.2, 0.25) is 5.02 Å². The van der Waals surface area contributed by atoms with E-state index in [0.717, 1.165) is 0 Å². The number of rotatable bonds is 2. The van der Waals surface area contributed by atoms with Crippen LogP contribution in [0.5, 0.6) is 0 Å². The molecule has 0 atom stereocenters. The van der Waals surface area contributed by atoms with E-state index in [-0.39, 0.29) is 17.9 Å². The molecule has 0 bridgehead atoms. The number of anilines is 1. The number of nitrogens with one attached hydrogen (secondary N) is 1. The molecule has 0 fully saturated rings. The van der Waals surface area contributed by atoms with Gasteiger partial charge in [0.1, 0.15) is 12.4 Å². The van der Waals surface area contributed by atoms with Crippen molar-refractivity contribution in [2.75, 3.05) is 11.9 Å². The molecule has 0 aromatic heterocycles. The number of aliphatic hydroxyl groups excluding tert-OH is 1. The van der Waals surface area contributed by atoms with Crippen molar-refractivity contribution in [2.24, 2.45) is 0 Å². The molecule has 1 amide bonds. The van der Waals surface area contributed by atoms with Crippen LogP contribution in [0.1, 0.15) is 15.9 Å². The molecule has 3 nitrogen and oxygen atoms in total. The van der Waals surface area contributed by atoms with E-state index in [4.69, 9.17) is 16.7 Å². The van der Waals surface area contributed by atoms with Crippen LogP contribution in [-0.2, 0) is 0 Å². The van der Waals surface area contributed by atoms with Crippen molar-refractivity contribution in [1.29, 1.82) is 0 Å². The Morgan fingerprint density at radius 3 is 2.71 bits per heavy atom. The molecule has 2 N–H and O–H groups in total. The predicted octanol–water partition coefficient (Wildman–Crippen LogP) is 3.08. The van der Waals surface area contributed by atoms with E-state index in [2.05, 4.69) is 17.2 Å². The van der Waals surface area contributed by atoms with E-state index in [1.54, 1.807) is 30.3 Å². The summed E-state index contributed by atoms with van der Waals surface area (Å²) in [6.45, 7) is -0.299. The molecule has 0 heterocycles. The number of carbonyl (C=O) groups excluding carboxylic acids is 1. The topological polar surface area (TPSA) is 49.3 Å². The normalized spacial score (nSPS) is 9.67. The Morgan fingerprint density at radius 2 is 2.05 bits per heavy atom. The lowest BCUT2D eigenvalue weighted by molar-refractivity contribution is 0.102. The van der Waals surface area contributed by atoms with Gasteiger partial charge in [-0.3, -0.25) is 4.79 Å². The maximum Gasteiger partial charge on any atom is 0.257 e. The Bertz CT molecular complexity index is 735. The van der Waals surface area contributed by atoms with Gasteiger partial charge >= 0.3 is 0 Å². The Balaban J connectivity index is 2.20. The van der Waals surface area contributed by atoms with Crippen LogP contribution in [0.4, 0.5) is 10.1 Å². The van der Waals surface area contributed by atoms with Crippen LogP contribution in [0.3, 0.4) is 0 Å². The summed E-state index contributed by atoms with van der Waals surface area (Å²) >= 11 is 5.91. The minimum Gasteiger partial charge on any atom is -0.384 e. The van der Waals surface area contributed by atoms with Crippen molar-refractivity contribution in [3.63, 3.8) is 0 Å². The molecule has 0 saturated heterocycles. The fourth-order valence-electron chi connectivity index (χ4n) is 1.67. The number of benzene rings is 2. The molecule has 0 aliphatic carbocycles. The molecule has 21 heavy (non-hydrogen) atoms. The molecular formula is C16H11ClFNO2. The number of amides is 1. The third-order valence-electron chi connectivity index (χ3n) is 2.65. The Morgan fingerprint density at radius 1 is 1.29 bits per heavy atom. The smallest absolute Gasteiger partial charge is 0.257 e. The Labute approximate surface area is 126 Å². The van der Waals surface area contributed by atoms with Crippen LogP contribution in [0.15, 0.2) is 42.5 Å². The first-order chi connectivity index (χ1) is 10.1. The lowest BCUT2D eigenvalue weighted by Crippen LogP contribution is -2.13. The molecule has 0 radical (unpaired) electrons. The third kappa shape index (κ3) is 3.82. The van der Waals surface area contributed by atoms with E-state index in [1.807, 2.05) is 0 Å². The van der Waals surface area contributed by atoms with E-state index in [0.29, 0.717) is 10.6 Å². The van der Waals surface area contributed by atoms with Crippen LogP contribution >= 0.6 is 11.6 Å². The summed E-state index contributed by atoms with van der Waals surface area (Å²) in [6.07, 6.45) is 0. The molecular weight excluding hydrogens is 293 g/mol. The highest BCUT2D eigenvalue weighted by atomic mass is 35.5. The molecule has 2 aromatic rings. The first-order valence-electron chi connectivity index (χ1n) is 6.07. The van der Waals surface area contributed by atoms with Gasteiger partial charge in [-0.05, 0) is 30.3 Å². The summed E-state index contributed by atoms with van der Waals surface area (Å²) in [4.78, 5) is 12.0. The van der Waals surface area contributed by atoms with E-state index < -0.39 is 11.7 Å². The molecule has 0 aliphatic heterocycles. The van der Waals surface area contributed by atoms with Crippen LogP contribution in [-0.4, -0.2) is 17.6 Å². The largest absolute Gasteiger partial charge is 0.384 e. The third-order valence-corrected chi connectivity index (χ3v) is 2.98. The zero-order valence-corrected chi connectivity index (χ0v) is 11.6. The number of aliphatic hydroxyl groups is 1. The van der Waals surface area contributed by atoms with E-state index >= 15 is 0 Å². The first kappa shape index (κ1) is 15.0. The van der Waals surface area contributed by atoms with Gasteiger partial charge in [0.2, 0.25) is 0 Å². The summed E-state index contributed by atoms with van der Waals surface area (Å²) in [5, 5.41) is 11.3. The average molecular weight is 304 g/mol. The highest BCUT2D eigenvalue weighted by Crippen LogP contribution is 2.19. The predicted molar refractivity (Wildman–Crippen MR) is 79.8 cm³/mol. The van der Waals surface area contributed by atoms with Gasteiger partial charge in [-0.1, -0.05) is 35.6 Å². The van der Waals surface area contributed by atoms with Gasteiger partial charge in [0.05, 0.1) is 16.3 Å². The summed E-state index contributed by atoms with van der Waals surface area (Å²) in [5.41, 5.74) is 0.717. The van der Waals surface area contributed by atoms with Crippen molar-refractivity contribution in [3.8, 4) is 11.8 Å². The SMILES string of the molecule is O=C(Nc1ccc(C#CCO)cc1F)c1ccccc1Cl. The standard InChI is InChI=1S/C16H11ClFNO2/c17-13-6-2-1-5-12(13)16(21)19-15-8-7-11(4-3-9-20)10-14(15)18/h1-2,5-8,10,20H,9H2,(H,19,21).